The van der Waals surface area contributed by atoms with E-state index >= 15 is 0 Å². The normalized spacial score (nSPS) is 20.1. The van der Waals surface area contributed by atoms with Gasteiger partial charge in [0.1, 0.15) is 0 Å². The van der Waals surface area contributed by atoms with Crippen LogP contribution < -0.4 is 10.5 Å². The molecule has 0 spiro atoms. The van der Waals surface area contributed by atoms with Crippen LogP contribution in [0.2, 0.25) is 0 Å². The van der Waals surface area contributed by atoms with Gasteiger partial charge in [0.25, 0.3) is 0 Å². The first-order valence-electron chi connectivity index (χ1n) is 5.86. The van der Waals surface area contributed by atoms with Crippen LogP contribution in [0.1, 0.15) is 17.5 Å². The maximum absolute atomic E-state index is 11.4. The molecule has 1 aliphatic heterocycles. The molecule has 4 nitrogen and oxygen atoms in total. The Kier molecular flexibility index (Phi) is 3.89. The molecule has 100 valence electrons. The molecule has 1 aromatic rings. The largest absolute Gasteiger partial charge is 0.381 e. The summed E-state index contributed by atoms with van der Waals surface area (Å²) in [7, 11) is -3.64. The van der Waals surface area contributed by atoms with Gasteiger partial charge in [-0.3, -0.25) is 0 Å². The van der Waals surface area contributed by atoms with Crippen molar-refractivity contribution in [2.75, 3.05) is 16.8 Å². The van der Waals surface area contributed by atoms with E-state index < -0.39 is 10.0 Å². The highest BCUT2D eigenvalue weighted by Crippen LogP contribution is 2.27. The summed E-state index contributed by atoms with van der Waals surface area (Å²) in [5, 5.41) is 8.61. The SMILES string of the molecule is Cc1cc(S(N)(=O)=O)cc(NC2CCSC2)c1C. The zero-order valence-electron chi connectivity index (χ0n) is 10.6. The first-order valence-corrected chi connectivity index (χ1v) is 8.56. The third-order valence-corrected chi connectivity index (χ3v) is 5.31. The molecule has 0 bridgehead atoms. The lowest BCUT2D eigenvalue weighted by molar-refractivity contribution is 0.597. The second kappa shape index (κ2) is 5.11. The van der Waals surface area contributed by atoms with E-state index in [0.29, 0.717) is 6.04 Å². The van der Waals surface area contributed by atoms with Crippen molar-refractivity contribution in [3.05, 3.63) is 23.3 Å². The van der Waals surface area contributed by atoms with E-state index in [-0.39, 0.29) is 4.90 Å². The van der Waals surface area contributed by atoms with Crippen molar-refractivity contribution in [2.45, 2.75) is 31.2 Å². The van der Waals surface area contributed by atoms with Gasteiger partial charge in [-0.05, 0) is 49.3 Å². The highest BCUT2D eigenvalue weighted by atomic mass is 32.2. The second-order valence-corrected chi connectivity index (χ2v) is 7.37. The van der Waals surface area contributed by atoms with Gasteiger partial charge >= 0.3 is 0 Å². The zero-order valence-corrected chi connectivity index (χ0v) is 12.2. The summed E-state index contributed by atoms with van der Waals surface area (Å²) >= 11 is 1.92. The fraction of sp³-hybridized carbons (Fsp3) is 0.500. The van der Waals surface area contributed by atoms with Crippen LogP contribution >= 0.6 is 11.8 Å². The van der Waals surface area contributed by atoms with Gasteiger partial charge in [-0.25, -0.2) is 13.6 Å². The lowest BCUT2D eigenvalue weighted by atomic mass is 10.1. The summed E-state index contributed by atoms with van der Waals surface area (Å²) < 4.78 is 22.9. The number of anilines is 1. The number of thioether (sulfide) groups is 1. The van der Waals surface area contributed by atoms with Crippen LogP contribution in [-0.4, -0.2) is 26.0 Å². The van der Waals surface area contributed by atoms with Crippen molar-refractivity contribution in [3.8, 4) is 0 Å². The van der Waals surface area contributed by atoms with Gasteiger partial charge in [-0.1, -0.05) is 0 Å². The number of hydrogen-bond donors (Lipinski definition) is 2. The minimum atomic E-state index is -3.64. The van der Waals surface area contributed by atoms with E-state index in [1.807, 2.05) is 25.6 Å². The molecule has 1 saturated heterocycles. The average Bonchev–Trinajstić information content (AvgIpc) is 2.75. The number of aryl methyl sites for hydroxylation is 1. The van der Waals surface area contributed by atoms with Crippen molar-refractivity contribution in [1.29, 1.82) is 0 Å². The Morgan fingerprint density at radius 2 is 2.11 bits per heavy atom. The van der Waals surface area contributed by atoms with Crippen molar-refractivity contribution in [3.63, 3.8) is 0 Å². The number of nitrogens with one attached hydrogen (secondary N) is 1. The van der Waals surface area contributed by atoms with Crippen LogP contribution in [-0.2, 0) is 10.0 Å². The van der Waals surface area contributed by atoms with Gasteiger partial charge in [0.2, 0.25) is 10.0 Å². The fourth-order valence-electron chi connectivity index (χ4n) is 2.01. The molecule has 1 aromatic carbocycles. The minimum Gasteiger partial charge on any atom is -0.381 e. The van der Waals surface area contributed by atoms with E-state index in [9.17, 15) is 8.42 Å². The topological polar surface area (TPSA) is 72.2 Å². The predicted octanol–water partition coefficient (Wildman–Crippen LogP) is 1.87. The van der Waals surface area contributed by atoms with Crippen LogP contribution in [0.5, 0.6) is 0 Å². The molecule has 2 rings (SSSR count). The smallest absolute Gasteiger partial charge is 0.238 e. The first-order chi connectivity index (χ1) is 8.38. The van der Waals surface area contributed by atoms with Crippen LogP contribution in [0.4, 0.5) is 5.69 Å². The van der Waals surface area contributed by atoms with E-state index in [0.717, 1.165) is 34.7 Å². The summed E-state index contributed by atoms with van der Waals surface area (Å²) in [5.74, 6) is 2.22. The van der Waals surface area contributed by atoms with E-state index in [2.05, 4.69) is 5.32 Å². The molecule has 6 heteroatoms. The summed E-state index contributed by atoms with van der Waals surface area (Å²) in [6.07, 6.45) is 1.11. The summed E-state index contributed by atoms with van der Waals surface area (Å²) in [6, 6.07) is 3.68. The Hall–Kier alpha value is -0.720. The van der Waals surface area contributed by atoms with Gasteiger partial charge in [-0.15, -0.1) is 0 Å². The lowest BCUT2D eigenvalue weighted by Crippen LogP contribution is -2.20. The van der Waals surface area contributed by atoms with Gasteiger partial charge in [0.05, 0.1) is 4.90 Å². The summed E-state index contributed by atoms with van der Waals surface area (Å²) in [6.45, 7) is 3.89. The molecule has 18 heavy (non-hydrogen) atoms. The Labute approximate surface area is 112 Å². The third kappa shape index (κ3) is 2.99. The summed E-state index contributed by atoms with van der Waals surface area (Å²) in [4.78, 5) is 0.179. The molecule has 3 N–H and O–H groups in total. The Morgan fingerprint density at radius 3 is 2.67 bits per heavy atom. The van der Waals surface area contributed by atoms with Gasteiger partial charge in [-0.2, -0.15) is 11.8 Å². The molecule has 1 atom stereocenters. The monoisotopic (exact) mass is 286 g/mol. The second-order valence-electron chi connectivity index (χ2n) is 4.66. The molecule has 0 aliphatic carbocycles. The standard InChI is InChI=1S/C12H18N2O2S2/c1-8-5-11(18(13,15)16)6-12(9(8)2)14-10-3-4-17-7-10/h5-6,10,14H,3-4,7H2,1-2H3,(H2,13,15,16). The molecule has 1 unspecified atom stereocenters. The number of sulfonamides is 1. The van der Waals surface area contributed by atoms with Crippen molar-refractivity contribution < 1.29 is 8.42 Å². The number of primary sulfonamides is 1. The quantitative estimate of drug-likeness (QED) is 0.889. The van der Waals surface area contributed by atoms with Crippen LogP contribution in [0.15, 0.2) is 17.0 Å². The maximum atomic E-state index is 11.4. The predicted molar refractivity (Wildman–Crippen MR) is 76.6 cm³/mol. The summed E-state index contributed by atoms with van der Waals surface area (Å²) in [5.41, 5.74) is 2.90. The molecule has 0 aromatic heterocycles. The molecular weight excluding hydrogens is 268 g/mol. The molecule has 0 radical (unpaired) electrons. The van der Waals surface area contributed by atoms with E-state index in [4.69, 9.17) is 5.14 Å². The van der Waals surface area contributed by atoms with E-state index in [1.165, 1.54) is 0 Å². The molecule has 0 saturated carbocycles. The number of nitrogens with two attached hydrogens (primary N) is 1. The molecular formula is C12H18N2O2S2. The lowest BCUT2D eigenvalue weighted by Gasteiger charge is -2.17. The molecule has 1 aliphatic rings. The third-order valence-electron chi connectivity index (χ3n) is 3.26. The minimum absolute atomic E-state index is 0.179. The van der Waals surface area contributed by atoms with Crippen LogP contribution in [0, 0.1) is 13.8 Å². The average molecular weight is 286 g/mol. The number of rotatable bonds is 3. The van der Waals surface area contributed by atoms with Gasteiger partial charge < -0.3 is 5.32 Å². The van der Waals surface area contributed by atoms with Crippen molar-refractivity contribution >= 4 is 27.5 Å². The highest BCUT2D eigenvalue weighted by Gasteiger charge is 2.18. The number of hydrogen-bond acceptors (Lipinski definition) is 4. The Bertz CT molecular complexity index is 549. The van der Waals surface area contributed by atoms with E-state index in [1.54, 1.807) is 12.1 Å². The van der Waals surface area contributed by atoms with Gasteiger partial charge in [0, 0.05) is 17.5 Å². The van der Waals surface area contributed by atoms with Crippen LogP contribution in [0.25, 0.3) is 0 Å². The first kappa shape index (κ1) is 13.7. The molecule has 1 fully saturated rings. The highest BCUT2D eigenvalue weighted by molar-refractivity contribution is 7.99. The zero-order chi connectivity index (χ0) is 13.3. The van der Waals surface area contributed by atoms with Crippen molar-refractivity contribution in [2.24, 2.45) is 5.14 Å². The maximum Gasteiger partial charge on any atom is 0.238 e. The Balaban J connectivity index is 2.36. The number of benzene rings is 1. The fourth-order valence-corrected chi connectivity index (χ4v) is 3.78. The van der Waals surface area contributed by atoms with Crippen LogP contribution in [0.3, 0.4) is 0 Å². The molecule has 1 heterocycles. The molecule has 0 amide bonds. The van der Waals surface area contributed by atoms with Gasteiger partial charge in [0.15, 0.2) is 0 Å². The van der Waals surface area contributed by atoms with Crippen molar-refractivity contribution in [1.82, 2.24) is 0 Å². The Morgan fingerprint density at radius 1 is 1.39 bits per heavy atom.